The predicted octanol–water partition coefficient (Wildman–Crippen LogP) is 2.04. The third kappa shape index (κ3) is 3.68. The van der Waals surface area contributed by atoms with Crippen molar-refractivity contribution in [1.82, 2.24) is 5.43 Å². The summed E-state index contributed by atoms with van der Waals surface area (Å²) in [6.45, 7) is 1.78. The molecule has 0 atom stereocenters. The summed E-state index contributed by atoms with van der Waals surface area (Å²) in [5, 5.41) is 23.5. The number of nitro benzene ring substituents is 1. The van der Waals surface area contributed by atoms with Crippen LogP contribution in [0.4, 0.5) is 10.5 Å². The van der Waals surface area contributed by atoms with Crippen molar-refractivity contribution in [3.8, 4) is 11.5 Å². The van der Waals surface area contributed by atoms with Crippen molar-refractivity contribution in [3.63, 3.8) is 0 Å². The van der Waals surface area contributed by atoms with Crippen molar-refractivity contribution < 1.29 is 19.2 Å². The number of fused-ring (bicyclic) bond motifs is 2. The number of nitrogens with one attached hydrogen (secondary N) is 1. The van der Waals surface area contributed by atoms with Crippen molar-refractivity contribution in [2.45, 2.75) is 13.3 Å². The molecule has 0 unspecified atom stereocenters. The van der Waals surface area contributed by atoms with E-state index in [1.807, 2.05) is 12.1 Å². The van der Waals surface area contributed by atoms with Crippen LogP contribution >= 0.6 is 0 Å². The maximum absolute atomic E-state index is 11.2. The number of nitrogens with zero attached hydrogens (tertiary/aromatic N) is 4. The third-order valence-electron chi connectivity index (χ3n) is 4.56. The Kier molecular flexibility index (Phi) is 4.84. The molecule has 2 aliphatic rings. The van der Waals surface area contributed by atoms with Crippen LogP contribution in [0.25, 0.3) is 0 Å². The third-order valence-corrected chi connectivity index (χ3v) is 4.56. The van der Waals surface area contributed by atoms with Gasteiger partial charge < -0.3 is 15.2 Å². The van der Waals surface area contributed by atoms with Crippen molar-refractivity contribution in [3.05, 3.63) is 62.7 Å². The number of urea groups is 1. The first-order chi connectivity index (χ1) is 14.4. The normalized spacial score (nSPS) is 14.6. The molecule has 0 radical (unpaired) electrons. The van der Waals surface area contributed by atoms with Gasteiger partial charge in [0.05, 0.1) is 16.8 Å². The summed E-state index contributed by atoms with van der Waals surface area (Å²) in [5.41, 5.74) is 10.9. The van der Waals surface area contributed by atoms with Crippen LogP contribution in [-0.4, -0.2) is 35.4 Å². The van der Waals surface area contributed by atoms with Gasteiger partial charge in [-0.1, -0.05) is 0 Å². The highest BCUT2D eigenvalue weighted by atomic mass is 16.7. The molecule has 2 amide bonds. The monoisotopic (exact) mass is 408 g/mol. The first kappa shape index (κ1) is 19.1. The molecule has 0 saturated carbocycles. The van der Waals surface area contributed by atoms with Gasteiger partial charge in [-0.2, -0.15) is 10.2 Å². The van der Waals surface area contributed by atoms with Crippen LogP contribution in [0.5, 0.6) is 11.5 Å². The zero-order valence-electron chi connectivity index (χ0n) is 15.8. The van der Waals surface area contributed by atoms with Crippen molar-refractivity contribution in [1.29, 1.82) is 0 Å². The molecule has 2 aromatic carbocycles. The van der Waals surface area contributed by atoms with E-state index in [1.165, 1.54) is 12.3 Å². The molecule has 11 nitrogen and oxygen atoms in total. The second-order valence-corrected chi connectivity index (χ2v) is 6.57. The Morgan fingerprint density at radius 3 is 2.73 bits per heavy atom. The lowest BCUT2D eigenvalue weighted by molar-refractivity contribution is -0.385. The molecule has 2 heterocycles. The van der Waals surface area contributed by atoms with Crippen LogP contribution in [0.15, 0.2) is 45.6 Å². The SMILES string of the molecule is Cc1cc(C2=NN=C(/C=N/NC(N)=O)Cc3cc4c(cc32)OCO4)ccc1[N+](=O)[O-]. The fraction of sp³-hybridized carbons (Fsp3) is 0.158. The summed E-state index contributed by atoms with van der Waals surface area (Å²) in [6, 6.07) is 7.60. The van der Waals surface area contributed by atoms with E-state index in [0.717, 1.165) is 11.1 Å². The molecule has 0 bridgehead atoms. The number of hydrazone groups is 1. The Bertz CT molecular complexity index is 1150. The van der Waals surface area contributed by atoms with Crippen molar-refractivity contribution in [2.75, 3.05) is 6.79 Å². The Hall–Kier alpha value is -4.28. The summed E-state index contributed by atoms with van der Waals surface area (Å²) in [5.74, 6) is 1.18. The molecule has 11 heteroatoms. The Labute approximate surface area is 170 Å². The van der Waals surface area contributed by atoms with Crippen LogP contribution in [-0.2, 0) is 6.42 Å². The maximum Gasteiger partial charge on any atom is 0.332 e. The molecule has 4 rings (SSSR count). The minimum absolute atomic E-state index is 0.0210. The molecular weight excluding hydrogens is 392 g/mol. The highest BCUT2D eigenvalue weighted by Gasteiger charge is 2.24. The standard InChI is InChI=1S/C19H16N6O5/c1-10-4-11(2-3-15(10)25(27)28)18-14-7-17-16(29-9-30-17)6-12(14)5-13(22-23-18)8-21-24-19(20)26/h2-4,6-8H,5,9H2,1H3,(H3,20,24,26)/b21-8+. The minimum atomic E-state index is -0.796. The van der Waals surface area contributed by atoms with E-state index in [-0.39, 0.29) is 12.5 Å². The second kappa shape index (κ2) is 7.62. The fourth-order valence-electron chi connectivity index (χ4n) is 3.21. The van der Waals surface area contributed by atoms with E-state index in [0.29, 0.717) is 40.5 Å². The smallest absolute Gasteiger partial charge is 0.332 e. The van der Waals surface area contributed by atoms with Gasteiger partial charge in [0.15, 0.2) is 11.5 Å². The minimum Gasteiger partial charge on any atom is -0.454 e. The molecule has 2 aliphatic heterocycles. The second-order valence-electron chi connectivity index (χ2n) is 6.57. The number of amides is 2. The Morgan fingerprint density at radius 2 is 2.03 bits per heavy atom. The first-order valence-corrected chi connectivity index (χ1v) is 8.83. The quantitative estimate of drug-likeness (QED) is 0.450. The molecule has 0 aromatic heterocycles. The summed E-state index contributed by atoms with van der Waals surface area (Å²) < 4.78 is 11.0. The van der Waals surface area contributed by atoms with Crippen LogP contribution in [0.3, 0.4) is 0 Å². The topological polar surface area (TPSA) is 154 Å². The molecular formula is C19H16N6O5. The first-order valence-electron chi connectivity index (χ1n) is 8.83. The number of primary amides is 1. The number of carbonyl (C=O) groups excluding carboxylic acids is 1. The van der Waals surface area contributed by atoms with Gasteiger partial charge >= 0.3 is 6.03 Å². The van der Waals surface area contributed by atoms with E-state index in [2.05, 4.69) is 20.7 Å². The number of nitrogens with two attached hydrogens (primary N) is 1. The van der Waals surface area contributed by atoms with Gasteiger partial charge in [0.1, 0.15) is 5.71 Å². The lowest BCUT2D eigenvalue weighted by Crippen LogP contribution is -2.25. The van der Waals surface area contributed by atoms with Crippen molar-refractivity contribution >= 4 is 29.4 Å². The molecule has 30 heavy (non-hydrogen) atoms. The van der Waals surface area contributed by atoms with Gasteiger partial charge in [-0.3, -0.25) is 10.1 Å². The van der Waals surface area contributed by atoms with E-state index in [1.54, 1.807) is 19.1 Å². The van der Waals surface area contributed by atoms with Gasteiger partial charge in [-0.05, 0) is 36.8 Å². The lowest BCUT2D eigenvalue weighted by Gasteiger charge is -2.11. The summed E-state index contributed by atoms with van der Waals surface area (Å²) >= 11 is 0. The van der Waals surface area contributed by atoms with Gasteiger partial charge in [-0.15, -0.1) is 5.10 Å². The molecule has 0 aliphatic carbocycles. The number of hydrogen-bond acceptors (Lipinski definition) is 8. The van der Waals surface area contributed by atoms with Gasteiger partial charge in [-0.25, -0.2) is 10.2 Å². The zero-order chi connectivity index (χ0) is 21.3. The van der Waals surface area contributed by atoms with Gasteiger partial charge in [0.25, 0.3) is 5.69 Å². The number of carbonyl (C=O) groups is 1. The number of hydrogen-bond donors (Lipinski definition) is 2. The molecule has 152 valence electrons. The number of benzene rings is 2. The fourth-order valence-corrected chi connectivity index (χ4v) is 3.21. The highest BCUT2D eigenvalue weighted by Crippen LogP contribution is 2.37. The summed E-state index contributed by atoms with van der Waals surface area (Å²) in [4.78, 5) is 21.6. The van der Waals surface area contributed by atoms with E-state index in [4.69, 9.17) is 15.2 Å². The van der Waals surface area contributed by atoms with E-state index >= 15 is 0 Å². The van der Waals surface area contributed by atoms with E-state index in [9.17, 15) is 14.9 Å². The highest BCUT2D eigenvalue weighted by molar-refractivity contribution is 6.32. The van der Waals surface area contributed by atoms with Crippen LogP contribution < -0.4 is 20.6 Å². The van der Waals surface area contributed by atoms with Crippen LogP contribution in [0.1, 0.15) is 22.3 Å². The molecule has 0 saturated heterocycles. The molecule has 3 N–H and O–H groups in total. The number of aryl methyl sites for hydroxylation is 1. The molecule has 2 aromatic rings. The Balaban J connectivity index is 1.81. The predicted molar refractivity (Wildman–Crippen MR) is 108 cm³/mol. The number of rotatable bonds is 4. The summed E-state index contributed by atoms with van der Waals surface area (Å²) in [6.07, 6.45) is 1.71. The molecule has 0 fully saturated rings. The lowest BCUT2D eigenvalue weighted by atomic mass is 9.93. The van der Waals surface area contributed by atoms with Crippen LogP contribution in [0.2, 0.25) is 0 Å². The van der Waals surface area contributed by atoms with Gasteiger partial charge in [0.2, 0.25) is 6.79 Å². The number of ether oxygens (including phenoxy) is 2. The largest absolute Gasteiger partial charge is 0.454 e. The van der Waals surface area contributed by atoms with Crippen LogP contribution in [0, 0.1) is 17.0 Å². The van der Waals surface area contributed by atoms with E-state index < -0.39 is 11.0 Å². The maximum atomic E-state index is 11.2. The van der Waals surface area contributed by atoms with Gasteiger partial charge in [0, 0.05) is 29.2 Å². The zero-order valence-corrected chi connectivity index (χ0v) is 15.8. The number of nitro groups is 1. The van der Waals surface area contributed by atoms with Crippen molar-refractivity contribution in [2.24, 2.45) is 21.0 Å². The molecule has 0 spiro atoms. The average Bonchev–Trinajstić information content (AvgIpc) is 3.06. The Morgan fingerprint density at radius 1 is 1.27 bits per heavy atom. The average molecular weight is 408 g/mol. The summed E-state index contributed by atoms with van der Waals surface area (Å²) in [7, 11) is 0.